The number of carbonyl (C=O) groups is 3. The normalized spacial score (nSPS) is 13.3. The minimum Gasteiger partial charge on any atom is -0.508 e. The molecule has 2 amide bonds. The number of aliphatic carboxylic acids is 1. The molecular formula is C26H33N7O5. The second-order valence-corrected chi connectivity index (χ2v) is 8.95. The number of benzene rings is 2. The van der Waals surface area contributed by atoms with Crippen LogP contribution in [-0.2, 0) is 27.2 Å². The summed E-state index contributed by atoms with van der Waals surface area (Å²) in [6, 6.07) is 10.5. The van der Waals surface area contributed by atoms with Gasteiger partial charge < -0.3 is 43.0 Å². The molecule has 11 N–H and O–H groups in total. The molecule has 0 saturated heterocycles. The van der Waals surface area contributed by atoms with Crippen LogP contribution in [0.2, 0.25) is 0 Å². The molecule has 12 heteroatoms. The Labute approximate surface area is 219 Å². The van der Waals surface area contributed by atoms with E-state index in [4.69, 9.17) is 17.2 Å². The summed E-state index contributed by atoms with van der Waals surface area (Å²) in [7, 11) is 0. The minimum atomic E-state index is -1.23. The SMILES string of the molecule is NC(N)=NCCC[C@H](NC(=O)[C@H](Cc1ccc(O)cc1)NC(=O)[C@@H](N)Cc1c[nH]c2ccccc12)C(=O)O. The molecule has 3 aromatic rings. The topological polar surface area (TPSA) is 222 Å². The van der Waals surface area contributed by atoms with Crippen molar-refractivity contribution in [1.82, 2.24) is 15.6 Å². The van der Waals surface area contributed by atoms with Crippen LogP contribution in [0, 0.1) is 0 Å². The average molecular weight is 524 g/mol. The molecule has 0 aliphatic rings. The van der Waals surface area contributed by atoms with Gasteiger partial charge in [0.1, 0.15) is 17.8 Å². The van der Waals surface area contributed by atoms with Gasteiger partial charge in [0.05, 0.1) is 6.04 Å². The van der Waals surface area contributed by atoms with Gasteiger partial charge in [0.2, 0.25) is 11.8 Å². The predicted molar refractivity (Wildman–Crippen MR) is 143 cm³/mol. The Bertz CT molecular complexity index is 1280. The summed E-state index contributed by atoms with van der Waals surface area (Å²) in [5.41, 5.74) is 19.2. The quantitative estimate of drug-likeness (QED) is 0.0869. The highest BCUT2D eigenvalue weighted by atomic mass is 16.4. The van der Waals surface area contributed by atoms with E-state index >= 15 is 0 Å². The first-order valence-corrected chi connectivity index (χ1v) is 12.1. The molecule has 202 valence electrons. The fraction of sp³-hybridized carbons (Fsp3) is 0.308. The lowest BCUT2D eigenvalue weighted by Crippen LogP contribution is -2.55. The van der Waals surface area contributed by atoms with Crippen LogP contribution in [0.4, 0.5) is 0 Å². The van der Waals surface area contributed by atoms with Gasteiger partial charge in [-0.2, -0.15) is 0 Å². The summed E-state index contributed by atoms with van der Waals surface area (Å²) >= 11 is 0. The van der Waals surface area contributed by atoms with Gasteiger partial charge in [-0.1, -0.05) is 30.3 Å². The number of aromatic nitrogens is 1. The number of amides is 2. The van der Waals surface area contributed by atoms with E-state index in [2.05, 4.69) is 20.6 Å². The van der Waals surface area contributed by atoms with Crippen molar-refractivity contribution in [3.8, 4) is 5.75 Å². The highest BCUT2D eigenvalue weighted by Gasteiger charge is 2.28. The van der Waals surface area contributed by atoms with Crippen LogP contribution in [0.15, 0.2) is 59.7 Å². The van der Waals surface area contributed by atoms with E-state index in [0.717, 1.165) is 16.5 Å². The molecule has 0 aliphatic heterocycles. The number of aliphatic imine (C=N–C) groups is 1. The number of fused-ring (bicyclic) bond motifs is 1. The van der Waals surface area contributed by atoms with Crippen molar-refractivity contribution in [3.05, 3.63) is 65.9 Å². The standard InChI is InChI=1S/C26H33N7O5/c27-19(13-16-14-31-20-5-2-1-4-18(16)20)23(35)33-22(12-15-7-9-17(34)10-8-15)24(36)32-21(25(37)38)6-3-11-30-26(28)29/h1-2,4-5,7-10,14,19,21-22,31,34H,3,6,11-13,27H2,(H,32,36)(H,33,35)(H,37,38)(H4,28,29,30)/t19-,21-,22-/m0/s1. The van der Waals surface area contributed by atoms with Gasteiger partial charge >= 0.3 is 5.97 Å². The maximum absolute atomic E-state index is 13.2. The molecule has 1 heterocycles. The number of nitrogens with two attached hydrogens (primary N) is 3. The Hall–Kier alpha value is -4.58. The van der Waals surface area contributed by atoms with E-state index in [0.29, 0.717) is 12.0 Å². The number of aromatic hydroxyl groups is 1. The zero-order valence-corrected chi connectivity index (χ0v) is 20.8. The summed E-state index contributed by atoms with van der Waals surface area (Å²) in [6.07, 6.45) is 2.47. The van der Waals surface area contributed by atoms with Crippen molar-refractivity contribution in [2.75, 3.05) is 6.54 Å². The van der Waals surface area contributed by atoms with Gasteiger partial charge in [0.15, 0.2) is 5.96 Å². The Morgan fingerprint density at radius 2 is 1.63 bits per heavy atom. The first-order chi connectivity index (χ1) is 18.1. The van der Waals surface area contributed by atoms with Crippen LogP contribution in [0.25, 0.3) is 10.9 Å². The molecule has 2 aromatic carbocycles. The smallest absolute Gasteiger partial charge is 0.326 e. The molecule has 0 fully saturated rings. The first kappa shape index (κ1) is 28.0. The molecule has 3 rings (SSSR count). The van der Waals surface area contributed by atoms with Crippen molar-refractivity contribution in [1.29, 1.82) is 0 Å². The van der Waals surface area contributed by atoms with Crippen LogP contribution < -0.4 is 27.8 Å². The van der Waals surface area contributed by atoms with Crippen LogP contribution in [0.5, 0.6) is 5.75 Å². The van der Waals surface area contributed by atoms with E-state index in [-0.39, 0.29) is 37.5 Å². The third-order valence-corrected chi connectivity index (χ3v) is 6.02. The number of guanidine groups is 1. The van der Waals surface area contributed by atoms with Gasteiger partial charge in [-0.3, -0.25) is 14.6 Å². The number of carboxylic acid groups (broad SMARTS) is 1. The molecule has 0 bridgehead atoms. The predicted octanol–water partition coefficient (Wildman–Crippen LogP) is 0.0938. The lowest BCUT2D eigenvalue weighted by molar-refractivity contribution is -0.142. The Morgan fingerprint density at radius 3 is 2.32 bits per heavy atom. The minimum absolute atomic E-state index is 0.0475. The summed E-state index contributed by atoms with van der Waals surface area (Å²) in [6.45, 7) is 0.207. The van der Waals surface area contributed by atoms with E-state index < -0.39 is 35.9 Å². The molecule has 0 aliphatic carbocycles. The lowest BCUT2D eigenvalue weighted by Gasteiger charge is -2.23. The summed E-state index contributed by atoms with van der Waals surface area (Å²) in [5.74, 6) is -2.53. The molecule has 0 radical (unpaired) electrons. The van der Waals surface area contributed by atoms with E-state index in [1.807, 2.05) is 24.3 Å². The maximum atomic E-state index is 13.2. The molecular weight excluding hydrogens is 490 g/mol. The molecule has 1 aromatic heterocycles. The number of H-pyrrole nitrogens is 1. The van der Waals surface area contributed by atoms with E-state index in [9.17, 15) is 24.6 Å². The van der Waals surface area contributed by atoms with Crippen molar-refractivity contribution in [3.63, 3.8) is 0 Å². The number of carboxylic acids is 1. The number of para-hydroxylation sites is 1. The number of hydrogen-bond donors (Lipinski definition) is 8. The highest BCUT2D eigenvalue weighted by Crippen LogP contribution is 2.19. The number of phenols is 1. The fourth-order valence-corrected chi connectivity index (χ4v) is 4.02. The number of hydrogen-bond acceptors (Lipinski definition) is 6. The zero-order chi connectivity index (χ0) is 27.7. The molecule has 3 atom stereocenters. The summed E-state index contributed by atoms with van der Waals surface area (Å²) in [4.78, 5) is 44.9. The van der Waals surface area contributed by atoms with Gasteiger partial charge in [0.25, 0.3) is 0 Å². The maximum Gasteiger partial charge on any atom is 0.326 e. The summed E-state index contributed by atoms with van der Waals surface area (Å²) in [5, 5.41) is 25.3. The average Bonchev–Trinajstić information content (AvgIpc) is 3.28. The molecule has 0 saturated carbocycles. The largest absolute Gasteiger partial charge is 0.508 e. The Morgan fingerprint density at radius 1 is 0.947 bits per heavy atom. The highest BCUT2D eigenvalue weighted by molar-refractivity contribution is 5.92. The Balaban J connectivity index is 1.71. The van der Waals surface area contributed by atoms with E-state index in [1.165, 1.54) is 12.1 Å². The molecule has 0 unspecified atom stereocenters. The molecule has 38 heavy (non-hydrogen) atoms. The van der Waals surface area contributed by atoms with Crippen LogP contribution in [0.1, 0.15) is 24.0 Å². The summed E-state index contributed by atoms with van der Waals surface area (Å²) < 4.78 is 0. The monoisotopic (exact) mass is 523 g/mol. The zero-order valence-electron chi connectivity index (χ0n) is 20.8. The number of nitrogens with zero attached hydrogens (tertiary/aromatic N) is 1. The number of carbonyl (C=O) groups excluding carboxylic acids is 2. The van der Waals surface area contributed by atoms with Gasteiger partial charge in [0, 0.05) is 30.1 Å². The van der Waals surface area contributed by atoms with Crippen LogP contribution in [0.3, 0.4) is 0 Å². The van der Waals surface area contributed by atoms with Crippen LogP contribution in [-0.4, -0.2) is 63.6 Å². The van der Waals surface area contributed by atoms with Crippen molar-refractivity contribution in [2.24, 2.45) is 22.2 Å². The third-order valence-electron chi connectivity index (χ3n) is 6.02. The number of rotatable bonds is 13. The van der Waals surface area contributed by atoms with Gasteiger partial charge in [-0.15, -0.1) is 0 Å². The number of aromatic amines is 1. The number of nitrogens with one attached hydrogen (secondary N) is 3. The second kappa shape index (κ2) is 13.1. The van der Waals surface area contributed by atoms with Crippen molar-refractivity contribution >= 4 is 34.6 Å². The molecule has 0 spiro atoms. The molecule has 12 nitrogen and oxygen atoms in total. The van der Waals surface area contributed by atoms with Crippen molar-refractivity contribution < 1.29 is 24.6 Å². The van der Waals surface area contributed by atoms with Gasteiger partial charge in [-0.25, -0.2) is 4.79 Å². The van der Waals surface area contributed by atoms with Gasteiger partial charge in [-0.05, 0) is 48.6 Å². The van der Waals surface area contributed by atoms with Crippen molar-refractivity contribution in [2.45, 2.75) is 43.8 Å². The second-order valence-electron chi connectivity index (χ2n) is 8.95. The van der Waals surface area contributed by atoms with E-state index in [1.54, 1.807) is 18.3 Å². The lowest BCUT2D eigenvalue weighted by atomic mass is 10.0. The third kappa shape index (κ3) is 7.96. The van der Waals surface area contributed by atoms with Crippen LogP contribution >= 0.6 is 0 Å². The fourth-order valence-electron chi connectivity index (χ4n) is 4.02. The number of phenolic OH excluding ortho intramolecular Hbond substituents is 1. The first-order valence-electron chi connectivity index (χ1n) is 12.1. The Kier molecular flexibility index (Phi) is 9.66.